The average Bonchev–Trinajstić information content (AvgIpc) is 1.53. The summed E-state index contributed by atoms with van der Waals surface area (Å²) in [4.78, 5) is 10.3. The van der Waals surface area contributed by atoms with Crippen LogP contribution in [0.1, 0.15) is 6.92 Å². The standard InChI is InChI=1S/C7H16N2O2/c1-6(11-7(8)10)5-9(2,3)4/h6H,5H2,1-4H3,(H-,8,10)/p+1/t6-/m0/s1. The third-order valence-electron chi connectivity index (χ3n) is 1.12. The first-order valence-electron chi connectivity index (χ1n) is 3.58. The lowest BCUT2D eigenvalue weighted by Crippen LogP contribution is -2.42. The normalized spacial score (nSPS) is 14.2. The van der Waals surface area contributed by atoms with Gasteiger partial charge in [-0.25, -0.2) is 4.79 Å². The molecular weight excluding hydrogens is 144 g/mol. The molecule has 1 atom stereocenters. The highest BCUT2D eigenvalue weighted by atomic mass is 16.6. The minimum absolute atomic E-state index is 0.118. The van der Waals surface area contributed by atoms with Gasteiger partial charge in [-0.15, -0.1) is 0 Å². The van der Waals surface area contributed by atoms with Gasteiger partial charge in [0.05, 0.1) is 21.1 Å². The molecule has 0 radical (unpaired) electrons. The summed E-state index contributed by atoms with van der Waals surface area (Å²) in [6.45, 7) is 2.59. The van der Waals surface area contributed by atoms with Crippen LogP contribution in [0.5, 0.6) is 0 Å². The lowest BCUT2D eigenvalue weighted by Gasteiger charge is -2.26. The van der Waals surface area contributed by atoms with E-state index in [1.54, 1.807) is 0 Å². The van der Waals surface area contributed by atoms with Crippen molar-refractivity contribution in [1.29, 1.82) is 0 Å². The summed E-state index contributed by atoms with van der Waals surface area (Å²) in [6.07, 6.45) is -0.821. The van der Waals surface area contributed by atoms with Gasteiger partial charge in [-0.2, -0.15) is 0 Å². The van der Waals surface area contributed by atoms with Crippen LogP contribution in [0.4, 0.5) is 4.79 Å². The number of nitrogens with zero attached hydrogens (tertiary/aromatic N) is 1. The van der Waals surface area contributed by atoms with E-state index in [1.807, 2.05) is 28.1 Å². The molecule has 0 unspecified atom stereocenters. The maximum Gasteiger partial charge on any atom is 0.404 e. The first-order chi connectivity index (χ1) is 4.81. The van der Waals surface area contributed by atoms with Crippen molar-refractivity contribution >= 4 is 6.09 Å². The number of nitrogens with two attached hydrogens (primary N) is 1. The Bertz CT molecular complexity index is 140. The molecule has 4 heteroatoms. The van der Waals surface area contributed by atoms with Crippen molar-refractivity contribution in [3.63, 3.8) is 0 Å². The van der Waals surface area contributed by atoms with Crippen molar-refractivity contribution in [2.24, 2.45) is 5.73 Å². The van der Waals surface area contributed by atoms with Gasteiger partial charge in [0.25, 0.3) is 0 Å². The van der Waals surface area contributed by atoms with E-state index in [0.717, 1.165) is 11.0 Å². The van der Waals surface area contributed by atoms with Crippen LogP contribution >= 0.6 is 0 Å². The predicted molar refractivity (Wildman–Crippen MR) is 43.0 cm³/mol. The SMILES string of the molecule is C[C@@H](C[N+](C)(C)C)OC(N)=O. The highest BCUT2D eigenvalue weighted by Crippen LogP contribution is 1.97. The molecule has 2 N–H and O–H groups in total. The fourth-order valence-electron chi connectivity index (χ4n) is 1.01. The second kappa shape index (κ2) is 3.57. The van der Waals surface area contributed by atoms with E-state index >= 15 is 0 Å². The summed E-state index contributed by atoms with van der Waals surface area (Å²) in [5, 5.41) is 0. The molecule has 0 aliphatic heterocycles. The molecule has 0 saturated carbocycles. The lowest BCUT2D eigenvalue weighted by molar-refractivity contribution is -0.873. The summed E-state index contributed by atoms with van der Waals surface area (Å²) in [5.41, 5.74) is 4.84. The summed E-state index contributed by atoms with van der Waals surface area (Å²) in [6, 6.07) is 0. The van der Waals surface area contributed by atoms with Gasteiger partial charge >= 0.3 is 6.09 Å². The average molecular weight is 161 g/mol. The van der Waals surface area contributed by atoms with E-state index in [1.165, 1.54) is 0 Å². The van der Waals surface area contributed by atoms with Crippen LogP contribution in [-0.2, 0) is 4.74 Å². The number of primary amides is 1. The zero-order valence-corrected chi connectivity index (χ0v) is 7.63. The van der Waals surface area contributed by atoms with Crippen LogP contribution in [-0.4, -0.2) is 44.4 Å². The number of hydrogen-bond donors (Lipinski definition) is 1. The van der Waals surface area contributed by atoms with Gasteiger partial charge < -0.3 is 15.0 Å². The van der Waals surface area contributed by atoms with Crippen LogP contribution in [0.2, 0.25) is 0 Å². The number of ether oxygens (including phenoxy) is 1. The minimum atomic E-state index is -0.703. The summed E-state index contributed by atoms with van der Waals surface area (Å²) in [5.74, 6) is 0. The Balaban J connectivity index is 3.69. The predicted octanol–water partition coefficient (Wildman–Crippen LogP) is 0.176. The molecule has 66 valence electrons. The zero-order chi connectivity index (χ0) is 9.07. The Morgan fingerprint density at radius 1 is 1.55 bits per heavy atom. The summed E-state index contributed by atoms with van der Waals surface area (Å²) < 4.78 is 5.51. The summed E-state index contributed by atoms with van der Waals surface area (Å²) in [7, 11) is 6.09. The largest absolute Gasteiger partial charge is 0.441 e. The molecule has 0 bridgehead atoms. The van der Waals surface area contributed by atoms with Crippen molar-refractivity contribution in [3.8, 4) is 0 Å². The van der Waals surface area contributed by atoms with E-state index in [9.17, 15) is 4.79 Å². The number of likely N-dealkylation sites (N-methyl/N-ethyl adjacent to an activating group) is 1. The van der Waals surface area contributed by atoms with E-state index in [2.05, 4.69) is 0 Å². The Hall–Kier alpha value is -0.770. The smallest absolute Gasteiger partial charge is 0.404 e. The molecule has 0 aliphatic rings. The second-order valence-electron chi connectivity index (χ2n) is 3.72. The van der Waals surface area contributed by atoms with E-state index in [4.69, 9.17) is 10.5 Å². The number of quaternary nitrogens is 1. The first kappa shape index (κ1) is 10.2. The number of amides is 1. The molecule has 0 aromatic rings. The van der Waals surface area contributed by atoms with Crippen molar-refractivity contribution < 1.29 is 14.0 Å². The second-order valence-corrected chi connectivity index (χ2v) is 3.72. The zero-order valence-electron chi connectivity index (χ0n) is 7.63. The van der Waals surface area contributed by atoms with Gasteiger partial charge in [0.1, 0.15) is 12.6 Å². The van der Waals surface area contributed by atoms with Crippen molar-refractivity contribution in [3.05, 3.63) is 0 Å². The van der Waals surface area contributed by atoms with Crippen molar-refractivity contribution in [2.75, 3.05) is 27.7 Å². The maximum atomic E-state index is 10.3. The molecule has 4 nitrogen and oxygen atoms in total. The maximum absolute atomic E-state index is 10.3. The Morgan fingerprint density at radius 3 is 2.27 bits per heavy atom. The molecular formula is C7H17N2O2+. The first-order valence-corrected chi connectivity index (χ1v) is 3.58. The van der Waals surface area contributed by atoms with Crippen molar-refractivity contribution in [1.82, 2.24) is 0 Å². The third kappa shape index (κ3) is 7.12. The molecule has 0 spiro atoms. The van der Waals surface area contributed by atoms with E-state index in [-0.39, 0.29) is 6.10 Å². The Labute approximate surface area is 67.5 Å². The summed E-state index contributed by atoms with van der Waals surface area (Å²) >= 11 is 0. The van der Waals surface area contributed by atoms with Gasteiger partial charge in [-0.1, -0.05) is 0 Å². The quantitative estimate of drug-likeness (QED) is 0.600. The van der Waals surface area contributed by atoms with E-state index < -0.39 is 6.09 Å². The third-order valence-corrected chi connectivity index (χ3v) is 1.12. The Morgan fingerprint density at radius 2 is 2.00 bits per heavy atom. The van der Waals surface area contributed by atoms with Crippen molar-refractivity contribution in [2.45, 2.75) is 13.0 Å². The Kier molecular flexibility index (Phi) is 3.32. The highest BCUT2D eigenvalue weighted by Gasteiger charge is 2.15. The van der Waals surface area contributed by atoms with Gasteiger partial charge in [0, 0.05) is 0 Å². The number of carbonyl (C=O) groups excluding carboxylic acids is 1. The molecule has 1 amide bonds. The van der Waals surface area contributed by atoms with E-state index in [0.29, 0.717) is 0 Å². The van der Waals surface area contributed by atoms with Crippen LogP contribution < -0.4 is 5.73 Å². The van der Waals surface area contributed by atoms with Crippen LogP contribution in [0.25, 0.3) is 0 Å². The van der Waals surface area contributed by atoms with Gasteiger partial charge in [0.2, 0.25) is 0 Å². The molecule has 0 rings (SSSR count). The fraction of sp³-hybridized carbons (Fsp3) is 0.857. The molecule has 0 fully saturated rings. The topological polar surface area (TPSA) is 52.3 Å². The molecule has 0 aromatic heterocycles. The molecule has 11 heavy (non-hydrogen) atoms. The van der Waals surface area contributed by atoms with Gasteiger partial charge in [-0.05, 0) is 6.92 Å². The number of carbonyl (C=O) groups is 1. The number of rotatable bonds is 3. The van der Waals surface area contributed by atoms with Crippen LogP contribution in [0.15, 0.2) is 0 Å². The molecule has 0 heterocycles. The molecule has 0 aliphatic carbocycles. The molecule has 0 saturated heterocycles. The minimum Gasteiger partial charge on any atom is -0.441 e. The number of hydrogen-bond acceptors (Lipinski definition) is 2. The molecule has 0 aromatic carbocycles. The van der Waals surface area contributed by atoms with Crippen LogP contribution in [0, 0.1) is 0 Å². The fourth-order valence-corrected chi connectivity index (χ4v) is 1.01. The monoisotopic (exact) mass is 161 g/mol. The highest BCUT2D eigenvalue weighted by molar-refractivity contribution is 5.64. The lowest BCUT2D eigenvalue weighted by atomic mass is 10.3. The van der Waals surface area contributed by atoms with Crippen LogP contribution in [0.3, 0.4) is 0 Å². The van der Waals surface area contributed by atoms with Gasteiger partial charge in [0.15, 0.2) is 0 Å². The van der Waals surface area contributed by atoms with Gasteiger partial charge in [-0.3, -0.25) is 0 Å².